The van der Waals surface area contributed by atoms with Crippen LogP contribution in [-0.2, 0) is 4.79 Å². The molecule has 2 fully saturated rings. The zero-order valence-electron chi connectivity index (χ0n) is 8.75. The molecule has 1 aliphatic heterocycles. The molecule has 1 unspecified atom stereocenters. The molecule has 1 spiro atoms. The van der Waals surface area contributed by atoms with Crippen LogP contribution < -0.4 is 0 Å². The van der Waals surface area contributed by atoms with Crippen LogP contribution >= 0.6 is 0 Å². The van der Waals surface area contributed by atoms with Gasteiger partial charge in [0, 0.05) is 17.3 Å². The van der Waals surface area contributed by atoms with Crippen LogP contribution in [0.2, 0.25) is 12.6 Å². The summed E-state index contributed by atoms with van der Waals surface area (Å²) in [6.07, 6.45) is 5.95. The van der Waals surface area contributed by atoms with Gasteiger partial charge in [-0.25, -0.2) is 5.26 Å². The van der Waals surface area contributed by atoms with E-state index in [0.29, 0.717) is 5.78 Å². The Hall–Kier alpha value is -0.775. The standard InChI is InChI=1S/C11H16BNO/c1-9-2-3-11(10(9)14)4-6-12(8-13)7-5-11/h9H,2-7H2,1H3. The summed E-state index contributed by atoms with van der Waals surface area (Å²) in [5, 5.41) is 8.81. The molecule has 0 amide bonds. The highest BCUT2D eigenvalue weighted by Gasteiger charge is 2.47. The molecule has 74 valence electrons. The summed E-state index contributed by atoms with van der Waals surface area (Å²) >= 11 is 0. The molecule has 0 aromatic carbocycles. The van der Waals surface area contributed by atoms with Gasteiger partial charge in [0.15, 0.2) is 0 Å². The largest absolute Gasteiger partial charge is 0.299 e. The summed E-state index contributed by atoms with van der Waals surface area (Å²) in [6, 6.07) is 0. The highest BCUT2D eigenvalue weighted by atomic mass is 16.1. The maximum absolute atomic E-state index is 12.0. The normalized spacial score (nSPS) is 30.7. The molecule has 1 saturated heterocycles. The van der Waals surface area contributed by atoms with Crippen molar-refractivity contribution < 1.29 is 4.79 Å². The first kappa shape index (κ1) is 9.77. The molecule has 2 aliphatic rings. The lowest BCUT2D eigenvalue weighted by Crippen LogP contribution is -2.34. The van der Waals surface area contributed by atoms with Gasteiger partial charge in [0.2, 0.25) is 0 Å². The van der Waals surface area contributed by atoms with Crippen molar-refractivity contribution in [1.29, 1.82) is 5.26 Å². The summed E-state index contributed by atoms with van der Waals surface area (Å²) < 4.78 is 0. The van der Waals surface area contributed by atoms with E-state index < -0.39 is 0 Å². The highest BCUT2D eigenvalue weighted by molar-refractivity contribution is 6.67. The number of hydrogen-bond donors (Lipinski definition) is 0. The summed E-state index contributed by atoms with van der Waals surface area (Å²) in [6.45, 7) is 2.26. The molecular formula is C11H16BNO. The number of nitriles is 1. The molecule has 0 N–H and O–H groups in total. The van der Waals surface area contributed by atoms with Gasteiger partial charge < -0.3 is 0 Å². The van der Waals surface area contributed by atoms with E-state index in [2.05, 4.69) is 5.97 Å². The van der Waals surface area contributed by atoms with E-state index in [9.17, 15) is 4.79 Å². The third kappa shape index (κ3) is 1.37. The number of Topliss-reactive ketones (excluding diaryl/α,β-unsaturated/α-hetero) is 1. The average molecular weight is 189 g/mol. The fourth-order valence-electron chi connectivity index (χ4n) is 3.07. The van der Waals surface area contributed by atoms with E-state index in [1.807, 2.05) is 6.92 Å². The molecule has 14 heavy (non-hydrogen) atoms. The molecule has 0 radical (unpaired) electrons. The lowest BCUT2D eigenvalue weighted by atomic mass is 9.39. The smallest absolute Gasteiger partial charge is 0.267 e. The number of rotatable bonds is 0. The van der Waals surface area contributed by atoms with Crippen molar-refractivity contribution in [2.24, 2.45) is 11.3 Å². The molecule has 1 heterocycles. The zero-order valence-corrected chi connectivity index (χ0v) is 8.75. The van der Waals surface area contributed by atoms with E-state index in [1.165, 1.54) is 0 Å². The average Bonchev–Trinajstić information content (AvgIpc) is 2.49. The minimum atomic E-state index is -0.00718. The van der Waals surface area contributed by atoms with E-state index in [1.54, 1.807) is 0 Å². The Morgan fingerprint density at radius 1 is 1.43 bits per heavy atom. The molecule has 0 aromatic heterocycles. The highest BCUT2D eigenvalue weighted by Crippen LogP contribution is 2.48. The molecule has 1 saturated carbocycles. The molecule has 3 heteroatoms. The maximum atomic E-state index is 12.0. The second kappa shape index (κ2) is 3.42. The first-order chi connectivity index (χ1) is 6.68. The van der Waals surface area contributed by atoms with Crippen molar-refractivity contribution in [2.45, 2.75) is 45.2 Å². The summed E-state index contributed by atoms with van der Waals surface area (Å²) in [4.78, 5) is 12.0. The quantitative estimate of drug-likeness (QED) is 0.548. The van der Waals surface area contributed by atoms with Gasteiger partial charge in [-0.1, -0.05) is 19.6 Å². The molecule has 2 rings (SSSR count). The van der Waals surface area contributed by atoms with Crippen LogP contribution in [0.3, 0.4) is 0 Å². The van der Waals surface area contributed by atoms with Crippen molar-refractivity contribution in [3.8, 4) is 5.97 Å². The first-order valence-electron chi connectivity index (χ1n) is 5.62. The molecular weight excluding hydrogens is 173 g/mol. The Balaban J connectivity index is 2.07. The number of hydrogen-bond acceptors (Lipinski definition) is 2. The van der Waals surface area contributed by atoms with Crippen molar-refractivity contribution in [1.82, 2.24) is 0 Å². The Kier molecular flexibility index (Phi) is 2.39. The Bertz CT molecular complexity index is 286. The van der Waals surface area contributed by atoms with Gasteiger partial charge in [-0.2, -0.15) is 0 Å². The number of nitrogens with zero attached hydrogens (tertiary/aromatic N) is 1. The van der Waals surface area contributed by atoms with Gasteiger partial charge in [0.05, 0.1) is 0 Å². The van der Waals surface area contributed by atoms with Crippen LogP contribution in [0.15, 0.2) is 0 Å². The van der Waals surface area contributed by atoms with Crippen molar-refractivity contribution in [2.75, 3.05) is 0 Å². The molecule has 2 nitrogen and oxygen atoms in total. The fourth-order valence-corrected chi connectivity index (χ4v) is 3.07. The molecule has 0 bridgehead atoms. The lowest BCUT2D eigenvalue weighted by Gasteiger charge is -2.32. The second-order valence-electron chi connectivity index (χ2n) is 4.99. The van der Waals surface area contributed by atoms with Crippen LogP contribution in [-0.4, -0.2) is 12.5 Å². The fraction of sp³-hybridized carbons (Fsp3) is 0.818. The molecule has 1 atom stereocenters. The third-order valence-corrected chi connectivity index (χ3v) is 4.15. The minimum Gasteiger partial charge on any atom is -0.299 e. The van der Waals surface area contributed by atoms with Crippen LogP contribution in [0.5, 0.6) is 0 Å². The monoisotopic (exact) mass is 189 g/mol. The number of carbonyl (C=O) groups is 1. The Morgan fingerprint density at radius 2 is 2.07 bits per heavy atom. The van der Waals surface area contributed by atoms with Crippen LogP contribution in [0, 0.1) is 22.6 Å². The van der Waals surface area contributed by atoms with Crippen LogP contribution in [0.1, 0.15) is 32.6 Å². The lowest BCUT2D eigenvalue weighted by molar-refractivity contribution is -0.129. The van der Waals surface area contributed by atoms with E-state index in [4.69, 9.17) is 5.26 Å². The minimum absolute atomic E-state index is 0.00718. The first-order valence-corrected chi connectivity index (χ1v) is 5.62. The predicted octanol–water partition coefficient (Wildman–Crippen LogP) is 2.32. The molecule has 1 aliphatic carbocycles. The zero-order chi connectivity index (χ0) is 10.2. The van der Waals surface area contributed by atoms with Gasteiger partial charge in [0.25, 0.3) is 6.71 Å². The van der Waals surface area contributed by atoms with Gasteiger partial charge in [0.1, 0.15) is 5.78 Å². The third-order valence-electron chi connectivity index (χ3n) is 4.15. The SMILES string of the molecule is CC1CCC2(CCB(C#N)CC2)C1=O. The van der Waals surface area contributed by atoms with Gasteiger partial charge >= 0.3 is 0 Å². The summed E-state index contributed by atoms with van der Waals surface area (Å²) in [7, 11) is 0. The van der Waals surface area contributed by atoms with Crippen molar-refractivity contribution >= 4 is 12.5 Å². The van der Waals surface area contributed by atoms with E-state index in [0.717, 1.165) is 38.3 Å². The van der Waals surface area contributed by atoms with Gasteiger partial charge in [-0.3, -0.25) is 4.79 Å². The topological polar surface area (TPSA) is 40.9 Å². The van der Waals surface area contributed by atoms with Crippen molar-refractivity contribution in [3.05, 3.63) is 0 Å². The Labute approximate surface area is 85.8 Å². The van der Waals surface area contributed by atoms with Crippen LogP contribution in [0.25, 0.3) is 0 Å². The van der Waals surface area contributed by atoms with Crippen molar-refractivity contribution in [3.63, 3.8) is 0 Å². The summed E-state index contributed by atoms with van der Waals surface area (Å²) in [5.41, 5.74) is -0.00718. The number of ketones is 1. The Morgan fingerprint density at radius 3 is 2.50 bits per heavy atom. The maximum Gasteiger partial charge on any atom is 0.267 e. The van der Waals surface area contributed by atoms with E-state index >= 15 is 0 Å². The van der Waals surface area contributed by atoms with Crippen LogP contribution in [0.4, 0.5) is 0 Å². The van der Waals surface area contributed by atoms with E-state index in [-0.39, 0.29) is 18.0 Å². The van der Waals surface area contributed by atoms with Gasteiger partial charge in [-0.15, -0.1) is 0 Å². The second-order valence-corrected chi connectivity index (χ2v) is 4.99. The predicted molar refractivity (Wildman–Crippen MR) is 56.1 cm³/mol. The molecule has 0 aromatic rings. The number of carbonyl (C=O) groups excluding carboxylic acids is 1. The van der Waals surface area contributed by atoms with Gasteiger partial charge in [-0.05, 0) is 25.7 Å². The summed E-state index contributed by atoms with van der Waals surface area (Å²) in [5.74, 6) is 3.08.